The highest BCUT2D eigenvalue weighted by atomic mass is 19.1. The minimum Gasteiger partial charge on any atom is -0.306 e. The molecule has 0 spiro atoms. The van der Waals surface area contributed by atoms with Crippen molar-refractivity contribution in [3.8, 4) is 11.3 Å². The summed E-state index contributed by atoms with van der Waals surface area (Å²) in [5, 5.41) is 0. The number of rotatable bonds is 1. The number of imidazole rings is 1. The highest BCUT2D eigenvalue weighted by Crippen LogP contribution is 2.19. The SMILES string of the molecule is Cc1ccc2nc(-c3cncc(F)c3)cn2c1. The summed E-state index contributed by atoms with van der Waals surface area (Å²) in [5.41, 5.74) is 3.41. The highest BCUT2D eigenvalue weighted by molar-refractivity contribution is 5.61. The first-order chi connectivity index (χ1) is 8.22. The van der Waals surface area contributed by atoms with Crippen LogP contribution in [0.4, 0.5) is 4.39 Å². The van der Waals surface area contributed by atoms with Gasteiger partial charge >= 0.3 is 0 Å². The van der Waals surface area contributed by atoms with Crippen LogP contribution in [0, 0.1) is 12.7 Å². The molecule has 4 heteroatoms. The Hall–Kier alpha value is -2.23. The third-order valence-electron chi connectivity index (χ3n) is 2.60. The lowest BCUT2D eigenvalue weighted by Gasteiger charge is -1.94. The Morgan fingerprint density at radius 2 is 2.06 bits per heavy atom. The molecule has 0 atom stereocenters. The van der Waals surface area contributed by atoms with Crippen LogP contribution in [0.3, 0.4) is 0 Å². The summed E-state index contributed by atoms with van der Waals surface area (Å²) >= 11 is 0. The van der Waals surface area contributed by atoms with Crippen LogP contribution in [-0.2, 0) is 0 Å². The Labute approximate surface area is 97.6 Å². The maximum atomic E-state index is 13.1. The van der Waals surface area contributed by atoms with Crippen molar-refractivity contribution >= 4 is 5.65 Å². The first-order valence-corrected chi connectivity index (χ1v) is 5.29. The Kier molecular flexibility index (Phi) is 2.14. The number of halogens is 1. The summed E-state index contributed by atoms with van der Waals surface area (Å²) in [6.07, 6.45) is 6.65. The smallest absolute Gasteiger partial charge is 0.142 e. The van der Waals surface area contributed by atoms with Crippen LogP contribution in [0.1, 0.15) is 5.56 Å². The predicted molar refractivity (Wildman–Crippen MR) is 63.1 cm³/mol. The lowest BCUT2D eigenvalue weighted by molar-refractivity contribution is 0.622. The number of aryl methyl sites for hydroxylation is 1. The third kappa shape index (κ3) is 1.78. The van der Waals surface area contributed by atoms with E-state index in [0.717, 1.165) is 16.9 Å². The molecule has 84 valence electrons. The first kappa shape index (κ1) is 9.96. The molecule has 3 aromatic heterocycles. The Bertz CT molecular complexity index is 688. The topological polar surface area (TPSA) is 30.2 Å². The summed E-state index contributed by atoms with van der Waals surface area (Å²) in [7, 11) is 0. The lowest BCUT2D eigenvalue weighted by atomic mass is 10.2. The summed E-state index contributed by atoms with van der Waals surface area (Å²) < 4.78 is 15.0. The molecule has 3 aromatic rings. The Balaban J connectivity index is 2.18. The van der Waals surface area contributed by atoms with Gasteiger partial charge in [-0.2, -0.15) is 0 Å². The van der Waals surface area contributed by atoms with Gasteiger partial charge in [0.25, 0.3) is 0 Å². The van der Waals surface area contributed by atoms with Crippen LogP contribution < -0.4 is 0 Å². The van der Waals surface area contributed by atoms with E-state index < -0.39 is 0 Å². The minimum absolute atomic E-state index is 0.351. The third-order valence-corrected chi connectivity index (χ3v) is 2.60. The zero-order valence-corrected chi connectivity index (χ0v) is 9.26. The van der Waals surface area contributed by atoms with E-state index in [-0.39, 0.29) is 5.82 Å². The van der Waals surface area contributed by atoms with E-state index in [0.29, 0.717) is 5.56 Å². The van der Waals surface area contributed by atoms with Crippen LogP contribution >= 0.6 is 0 Å². The molecule has 3 nitrogen and oxygen atoms in total. The maximum Gasteiger partial charge on any atom is 0.142 e. The molecule has 0 bridgehead atoms. The van der Waals surface area contributed by atoms with Crippen LogP contribution in [0.15, 0.2) is 43.0 Å². The predicted octanol–water partition coefficient (Wildman–Crippen LogP) is 2.84. The van der Waals surface area contributed by atoms with Gasteiger partial charge in [0.05, 0.1) is 11.9 Å². The largest absolute Gasteiger partial charge is 0.306 e. The average Bonchev–Trinajstić information content (AvgIpc) is 2.72. The van der Waals surface area contributed by atoms with Crippen molar-refractivity contribution in [2.75, 3.05) is 0 Å². The molecule has 0 saturated heterocycles. The molecule has 17 heavy (non-hydrogen) atoms. The van der Waals surface area contributed by atoms with Gasteiger partial charge in [0, 0.05) is 24.2 Å². The second-order valence-corrected chi connectivity index (χ2v) is 3.99. The fourth-order valence-corrected chi connectivity index (χ4v) is 1.79. The van der Waals surface area contributed by atoms with Gasteiger partial charge < -0.3 is 4.40 Å². The molecule has 0 amide bonds. The van der Waals surface area contributed by atoms with Crippen molar-refractivity contribution in [1.29, 1.82) is 0 Å². The maximum absolute atomic E-state index is 13.1. The number of hydrogen-bond acceptors (Lipinski definition) is 2. The number of aromatic nitrogens is 3. The summed E-state index contributed by atoms with van der Waals surface area (Å²) in [6, 6.07) is 5.36. The van der Waals surface area contributed by atoms with E-state index in [1.807, 2.05) is 35.9 Å². The molecule has 3 rings (SSSR count). The number of hydrogen-bond donors (Lipinski definition) is 0. The van der Waals surface area contributed by atoms with E-state index in [1.165, 1.54) is 12.3 Å². The molecule has 0 unspecified atom stereocenters. The number of fused-ring (bicyclic) bond motifs is 1. The van der Waals surface area contributed by atoms with E-state index in [1.54, 1.807) is 6.20 Å². The molecular weight excluding hydrogens is 217 g/mol. The number of nitrogens with zero attached hydrogens (tertiary/aromatic N) is 3. The Morgan fingerprint density at radius 3 is 2.88 bits per heavy atom. The van der Waals surface area contributed by atoms with Gasteiger partial charge in [-0.05, 0) is 24.6 Å². The van der Waals surface area contributed by atoms with E-state index in [4.69, 9.17) is 0 Å². The first-order valence-electron chi connectivity index (χ1n) is 5.29. The molecule has 0 N–H and O–H groups in total. The van der Waals surface area contributed by atoms with Gasteiger partial charge in [0.2, 0.25) is 0 Å². The van der Waals surface area contributed by atoms with Crippen LogP contribution in [0.2, 0.25) is 0 Å². The van der Waals surface area contributed by atoms with Gasteiger partial charge in [-0.25, -0.2) is 9.37 Å². The highest BCUT2D eigenvalue weighted by Gasteiger charge is 2.05. The van der Waals surface area contributed by atoms with Gasteiger partial charge in [-0.1, -0.05) is 6.07 Å². The zero-order valence-electron chi connectivity index (χ0n) is 9.26. The van der Waals surface area contributed by atoms with Gasteiger partial charge in [0.15, 0.2) is 0 Å². The van der Waals surface area contributed by atoms with E-state index in [2.05, 4.69) is 9.97 Å². The summed E-state index contributed by atoms with van der Waals surface area (Å²) in [4.78, 5) is 8.25. The fourth-order valence-electron chi connectivity index (χ4n) is 1.79. The summed E-state index contributed by atoms with van der Waals surface area (Å²) in [5.74, 6) is -0.351. The van der Waals surface area contributed by atoms with Crippen LogP contribution in [-0.4, -0.2) is 14.4 Å². The van der Waals surface area contributed by atoms with Crippen molar-refractivity contribution < 1.29 is 4.39 Å². The molecule has 0 saturated carbocycles. The normalized spacial score (nSPS) is 10.9. The van der Waals surface area contributed by atoms with Crippen molar-refractivity contribution in [3.05, 3.63) is 54.4 Å². The molecular formula is C13H10FN3. The quantitative estimate of drug-likeness (QED) is 0.640. The van der Waals surface area contributed by atoms with Crippen molar-refractivity contribution in [2.24, 2.45) is 0 Å². The fraction of sp³-hybridized carbons (Fsp3) is 0.0769. The average molecular weight is 227 g/mol. The molecule has 3 heterocycles. The second kappa shape index (κ2) is 3.66. The van der Waals surface area contributed by atoms with Crippen LogP contribution in [0.25, 0.3) is 16.9 Å². The van der Waals surface area contributed by atoms with Crippen molar-refractivity contribution in [2.45, 2.75) is 6.92 Å². The summed E-state index contributed by atoms with van der Waals surface area (Å²) in [6.45, 7) is 2.02. The van der Waals surface area contributed by atoms with Gasteiger partial charge in [-0.3, -0.25) is 4.98 Å². The van der Waals surface area contributed by atoms with Gasteiger partial charge in [-0.15, -0.1) is 0 Å². The second-order valence-electron chi connectivity index (χ2n) is 3.99. The molecule has 0 aliphatic rings. The van der Waals surface area contributed by atoms with Crippen LogP contribution in [0.5, 0.6) is 0 Å². The van der Waals surface area contributed by atoms with E-state index >= 15 is 0 Å². The molecule has 0 aromatic carbocycles. The van der Waals surface area contributed by atoms with Crippen molar-refractivity contribution in [3.63, 3.8) is 0 Å². The number of pyridine rings is 2. The molecule has 0 radical (unpaired) electrons. The standard InChI is InChI=1S/C13H10FN3/c1-9-2-3-13-16-12(8-17(13)7-9)10-4-11(14)6-15-5-10/h2-8H,1H3. The van der Waals surface area contributed by atoms with Crippen molar-refractivity contribution in [1.82, 2.24) is 14.4 Å². The molecule has 0 fully saturated rings. The molecule has 0 aliphatic heterocycles. The Morgan fingerprint density at radius 1 is 1.18 bits per heavy atom. The minimum atomic E-state index is -0.351. The van der Waals surface area contributed by atoms with E-state index in [9.17, 15) is 4.39 Å². The lowest BCUT2D eigenvalue weighted by Crippen LogP contribution is -1.82. The van der Waals surface area contributed by atoms with Gasteiger partial charge in [0.1, 0.15) is 11.5 Å². The zero-order chi connectivity index (χ0) is 11.8. The molecule has 0 aliphatic carbocycles. The monoisotopic (exact) mass is 227 g/mol.